The van der Waals surface area contributed by atoms with Crippen LogP contribution in [-0.4, -0.2) is 27.4 Å². The van der Waals surface area contributed by atoms with Crippen LogP contribution in [-0.2, 0) is 4.79 Å². The van der Waals surface area contributed by atoms with E-state index in [1.165, 1.54) is 4.90 Å². The lowest BCUT2D eigenvalue weighted by Gasteiger charge is -2.31. The summed E-state index contributed by atoms with van der Waals surface area (Å²) in [6.07, 6.45) is 4.12. The Balaban J connectivity index is 1.78. The Labute approximate surface area is 184 Å². The number of benzene rings is 2. The van der Waals surface area contributed by atoms with E-state index in [4.69, 9.17) is 11.6 Å². The zero-order valence-electron chi connectivity index (χ0n) is 16.2. The number of nitrogens with zero attached hydrogens (tertiary/aromatic N) is 3. The third-order valence-electron chi connectivity index (χ3n) is 5.23. The summed E-state index contributed by atoms with van der Waals surface area (Å²) in [6, 6.07) is 15.5. The summed E-state index contributed by atoms with van der Waals surface area (Å²) in [5, 5.41) is 9.22. The van der Waals surface area contributed by atoms with Gasteiger partial charge in [0, 0.05) is 22.1 Å². The molecule has 1 aliphatic carbocycles. The molecule has 0 saturated heterocycles. The molecule has 0 spiro atoms. The van der Waals surface area contributed by atoms with Gasteiger partial charge in [-0.05, 0) is 54.2 Å². The molecule has 6 nitrogen and oxygen atoms in total. The van der Waals surface area contributed by atoms with Crippen molar-refractivity contribution in [2.24, 2.45) is 0 Å². The number of hydrogen-bond acceptors (Lipinski definition) is 5. The number of halogens is 1. The van der Waals surface area contributed by atoms with Crippen LogP contribution in [0.3, 0.4) is 0 Å². The predicted molar refractivity (Wildman–Crippen MR) is 118 cm³/mol. The molecule has 1 aliphatic rings. The average molecular weight is 441 g/mol. The normalized spacial score (nSPS) is 15.0. The second-order valence-electron chi connectivity index (χ2n) is 7.24. The monoisotopic (exact) mass is 440 g/mol. The van der Waals surface area contributed by atoms with Crippen molar-refractivity contribution in [3.63, 3.8) is 0 Å². The van der Waals surface area contributed by atoms with Gasteiger partial charge in [0.1, 0.15) is 6.04 Å². The second-order valence-corrected chi connectivity index (χ2v) is 8.29. The Morgan fingerprint density at radius 1 is 1.07 bits per heavy atom. The first-order valence-electron chi connectivity index (χ1n) is 9.85. The highest BCUT2D eigenvalue weighted by Gasteiger charge is 2.35. The minimum absolute atomic E-state index is 0.131. The molecule has 0 radical (unpaired) electrons. The van der Waals surface area contributed by atoms with E-state index in [1.807, 2.05) is 30.3 Å². The fourth-order valence-electron chi connectivity index (χ4n) is 3.77. The molecule has 1 aromatic heterocycles. The summed E-state index contributed by atoms with van der Waals surface area (Å²) in [6.45, 7) is 0. The smallest absolute Gasteiger partial charge is 0.280 e. The maximum absolute atomic E-state index is 13.5. The quantitative estimate of drug-likeness (QED) is 0.606. The van der Waals surface area contributed by atoms with Crippen LogP contribution in [0, 0.1) is 0 Å². The first kappa shape index (κ1) is 20.5. The Morgan fingerprint density at radius 3 is 2.40 bits per heavy atom. The zero-order valence-corrected chi connectivity index (χ0v) is 17.8. The standard InChI is InChI=1S/C22H21ClN4O2S/c23-16-10-12-18(13-11-16)27(22(29)19-14-30-26-25-19)20(15-6-2-1-3-7-15)21(28)24-17-8-4-5-9-17/h1-3,6-7,10-14,17,20H,4-5,8-9H2,(H,24,28)/t20-/m0/s1. The minimum Gasteiger partial charge on any atom is -0.351 e. The van der Waals surface area contributed by atoms with Crippen LogP contribution < -0.4 is 10.2 Å². The molecule has 1 heterocycles. The molecule has 1 fully saturated rings. The van der Waals surface area contributed by atoms with Crippen LogP contribution in [0.15, 0.2) is 60.0 Å². The number of aromatic nitrogens is 2. The third kappa shape index (κ3) is 4.52. The van der Waals surface area contributed by atoms with Gasteiger partial charge in [-0.15, -0.1) is 5.10 Å². The van der Waals surface area contributed by atoms with E-state index >= 15 is 0 Å². The van der Waals surface area contributed by atoms with Crippen molar-refractivity contribution in [3.8, 4) is 0 Å². The van der Waals surface area contributed by atoms with Crippen LogP contribution >= 0.6 is 23.1 Å². The number of nitrogens with one attached hydrogen (secondary N) is 1. The molecule has 30 heavy (non-hydrogen) atoms. The summed E-state index contributed by atoms with van der Waals surface area (Å²) in [5.74, 6) is -0.596. The molecule has 1 atom stereocenters. The van der Waals surface area contributed by atoms with E-state index in [1.54, 1.807) is 29.6 Å². The lowest BCUT2D eigenvalue weighted by molar-refractivity contribution is -0.123. The number of carbonyl (C=O) groups is 2. The Hall–Kier alpha value is -2.77. The van der Waals surface area contributed by atoms with Gasteiger partial charge in [0.25, 0.3) is 5.91 Å². The van der Waals surface area contributed by atoms with Gasteiger partial charge < -0.3 is 5.32 Å². The molecule has 2 amide bonds. The number of rotatable bonds is 6. The molecule has 3 aromatic rings. The summed E-state index contributed by atoms with van der Waals surface area (Å²) in [7, 11) is 0. The topological polar surface area (TPSA) is 75.2 Å². The van der Waals surface area contributed by atoms with Crippen LogP contribution in [0.25, 0.3) is 0 Å². The SMILES string of the molecule is O=C(NC1CCCC1)[C@H](c1ccccc1)N(C(=O)c1csnn1)c1ccc(Cl)cc1. The van der Waals surface area contributed by atoms with Gasteiger partial charge in [-0.1, -0.05) is 59.3 Å². The molecule has 0 aliphatic heterocycles. The van der Waals surface area contributed by atoms with E-state index in [-0.39, 0.29) is 23.6 Å². The van der Waals surface area contributed by atoms with Gasteiger partial charge in [-0.2, -0.15) is 0 Å². The molecule has 154 valence electrons. The van der Waals surface area contributed by atoms with Gasteiger partial charge in [-0.3, -0.25) is 14.5 Å². The van der Waals surface area contributed by atoms with Crippen molar-refractivity contribution in [1.82, 2.24) is 14.9 Å². The fraction of sp³-hybridized carbons (Fsp3) is 0.273. The van der Waals surface area contributed by atoms with Gasteiger partial charge in [0.2, 0.25) is 5.91 Å². The zero-order chi connectivity index (χ0) is 20.9. The van der Waals surface area contributed by atoms with Gasteiger partial charge >= 0.3 is 0 Å². The number of anilines is 1. The van der Waals surface area contributed by atoms with Crippen LogP contribution in [0.5, 0.6) is 0 Å². The minimum atomic E-state index is -0.845. The second kappa shape index (κ2) is 9.36. The van der Waals surface area contributed by atoms with Crippen molar-refractivity contribution in [3.05, 3.63) is 76.3 Å². The van der Waals surface area contributed by atoms with Crippen molar-refractivity contribution < 1.29 is 9.59 Å². The maximum Gasteiger partial charge on any atom is 0.280 e. The summed E-state index contributed by atoms with van der Waals surface area (Å²) in [4.78, 5) is 28.4. The Bertz CT molecular complexity index is 990. The molecular formula is C22H21ClN4O2S. The van der Waals surface area contributed by atoms with Crippen LogP contribution in [0.4, 0.5) is 5.69 Å². The van der Waals surface area contributed by atoms with Crippen molar-refractivity contribution in [2.75, 3.05) is 4.90 Å². The molecule has 1 saturated carbocycles. The molecule has 8 heteroatoms. The first-order chi connectivity index (χ1) is 14.6. The van der Waals surface area contributed by atoms with E-state index in [0.717, 1.165) is 42.8 Å². The van der Waals surface area contributed by atoms with Gasteiger partial charge in [0.15, 0.2) is 5.69 Å². The Morgan fingerprint density at radius 2 is 1.77 bits per heavy atom. The van der Waals surface area contributed by atoms with Gasteiger partial charge in [0.05, 0.1) is 0 Å². The van der Waals surface area contributed by atoms with Crippen molar-refractivity contribution >= 4 is 40.6 Å². The van der Waals surface area contributed by atoms with Gasteiger partial charge in [-0.25, -0.2) is 0 Å². The van der Waals surface area contributed by atoms with E-state index < -0.39 is 6.04 Å². The molecule has 2 aromatic carbocycles. The molecule has 0 bridgehead atoms. The highest BCUT2D eigenvalue weighted by atomic mass is 35.5. The largest absolute Gasteiger partial charge is 0.351 e. The van der Waals surface area contributed by atoms with E-state index in [0.29, 0.717) is 10.7 Å². The summed E-state index contributed by atoms with van der Waals surface area (Å²) >= 11 is 7.16. The lowest BCUT2D eigenvalue weighted by atomic mass is 10.0. The highest BCUT2D eigenvalue weighted by Crippen LogP contribution is 2.31. The number of hydrogen-bond donors (Lipinski definition) is 1. The fourth-order valence-corrected chi connectivity index (χ4v) is 4.33. The van der Waals surface area contributed by atoms with Crippen LogP contribution in [0.2, 0.25) is 5.02 Å². The summed E-state index contributed by atoms with van der Waals surface area (Å²) < 4.78 is 3.82. The maximum atomic E-state index is 13.5. The van der Waals surface area contributed by atoms with Crippen molar-refractivity contribution in [1.29, 1.82) is 0 Å². The van der Waals surface area contributed by atoms with Crippen molar-refractivity contribution in [2.45, 2.75) is 37.8 Å². The molecule has 4 rings (SSSR count). The van der Waals surface area contributed by atoms with Crippen LogP contribution in [0.1, 0.15) is 47.8 Å². The molecule has 0 unspecified atom stereocenters. The Kier molecular flexibility index (Phi) is 6.40. The molecule has 1 N–H and O–H groups in total. The first-order valence-corrected chi connectivity index (χ1v) is 11.1. The summed E-state index contributed by atoms with van der Waals surface area (Å²) in [5.41, 5.74) is 1.48. The van der Waals surface area contributed by atoms with E-state index in [9.17, 15) is 9.59 Å². The van der Waals surface area contributed by atoms with E-state index in [2.05, 4.69) is 14.9 Å². The predicted octanol–water partition coefficient (Wildman–Crippen LogP) is 4.64. The third-order valence-corrected chi connectivity index (χ3v) is 5.98. The highest BCUT2D eigenvalue weighted by molar-refractivity contribution is 7.03. The average Bonchev–Trinajstić information content (AvgIpc) is 3.47. The number of amides is 2. The lowest BCUT2D eigenvalue weighted by Crippen LogP contribution is -2.46. The molecular weight excluding hydrogens is 420 g/mol. The number of carbonyl (C=O) groups excluding carboxylic acids is 2.